The summed E-state index contributed by atoms with van der Waals surface area (Å²) in [4.78, 5) is 29.2. The molecule has 7 rings (SSSR count). The van der Waals surface area contributed by atoms with Crippen LogP contribution in [0.4, 0.5) is 5.13 Å². The molecule has 0 aliphatic carbocycles. The lowest BCUT2D eigenvalue weighted by atomic mass is 9.95. The minimum absolute atomic E-state index is 0.0871. The minimum atomic E-state index is -1.03. The summed E-state index contributed by atoms with van der Waals surface area (Å²) in [6.45, 7) is 5.67. The summed E-state index contributed by atoms with van der Waals surface area (Å²) >= 11 is 2.72. The zero-order valence-corrected chi connectivity index (χ0v) is 29.9. The number of unbranched alkanes of at least 4 members (excludes halogenated alkanes) is 2. The number of amides is 1. The van der Waals surface area contributed by atoms with Gasteiger partial charge in [0.25, 0.3) is 5.78 Å². The minimum Gasteiger partial charge on any atom is -0.507 e. The lowest BCUT2D eigenvalue weighted by molar-refractivity contribution is -0.132. The van der Waals surface area contributed by atoms with E-state index >= 15 is 0 Å². The van der Waals surface area contributed by atoms with Gasteiger partial charge in [0, 0.05) is 11.3 Å². The fraction of sp³-hybridized carbons (Fsp3) is 0.282. The van der Waals surface area contributed by atoms with Crippen molar-refractivity contribution in [2.24, 2.45) is 0 Å². The maximum Gasteiger partial charge on any atom is 0.301 e. The molecule has 0 saturated carbocycles. The van der Waals surface area contributed by atoms with E-state index in [-0.39, 0.29) is 16.5 Å². The Morgan fingerprint density at radius 1 is 0.922 bits per heavy atom. The van der Waals surface area contributed by atoms with Crippen LogP contribution in [-0.4, -0.2) is 53.4 Å². The standard InChI is InChI=1S/C39H37N3O7S2/c1-3-5-8-18-47-29-16-14-25(21-31(29)46-4-2)34-33(35(43)26-15-17-30-32(22-26)49-20-19-48-30)36(44)37(45)42(34)38-40-41-39(51-38)50-23-27-12-9-11-24-10-6-7-13-28(24)27/h6-7,9-17,21-22,34,43H,3-5,8,18-20,23H2,1-2H3/t34-/m1/s1. The van der Waals surface area contributed by atoms with Gasteiger partial charge in [0.2, 0.25) is 5.13 Å². The first-order valence-corrected chi connectivity index (χ1v) is 18.8. The van der Waals surface area contributed by atoms with Gasteiger partial charge < -0.3 is 24.1 Å². The van der Waals surface area contributed by atoms with E-state index < -0.39 is 17.7 Å². The number of Topliss-reactive ketones (excluding diaryl/α,β-unsaturated/α-hetero) is 1. The van der Waals surface area contributed by atoms with E-state index in [9.17, 15) is 14.7 Å². The van der Waals surface area contributed by atoms with Gasteiger partial charge in [-0.3, -0.25) is 14.5 Å². The van der Waals surface area contributed by atoms with E-state index in [1.54, 1.807) is 36.4 Å². The Morgan fingerprint density at radius 2 is 1.75 bits per heavy atom. The summed E-state index contributed by atoms with van der Waals surface area (Å²) in [5.41, 5.74) is 1.91. The van der Waals surface area contributed by atoms with Crippen LogP contribution in [0.25, 0.3) is 16.5 Å². The maximum atomic E-state index is 13.9. The number of anilines is 1. The number of hydrogen-bond donors (Lipinski definition) is 1. The predicted octanol–water partition coefficient (Wildman–Crippen LogP) is 8.35. The van der Waals surface area contributed by atoms with Crippen LogP contribution < -0.4 is 23.8 Å². The summed E-state index contributed by atoms with van der Waals surface area (Å²) in [6, 6.07) is 23.6. The summed E-state index contributed by atoms with van der Waals surface area (Å²) in [5, 5.41) is 23.1. The zero-order chi connectivity index (χ0) is 35.3. The number of benzene rings is 4. The molecule has 1 N–H and O–H groups in total. The van der Waals surface area contributed by atoms with Gasteiger partial charge in [-0.2, -0.15) is 0 Å². The molecule has 1 amide bonds. The quantitative estimate of drug-likeness (QED) is 0.0317. The summed E-state index contributed by atoms with van der Waals surface area (Å²) < 4.78 is 24.1. The molecule has 1 saturated heterocycles. The van der Waals surface area contributed by atoms with Crippen molar-refractivity contribution >= 4 is 56.5 Å². The first-order chi connectivity index (χ1) is 25.0. The number of thioether (sulfide) groups is 1. The highest BCUT2D eigenvalue weighted by Crippen LogP contribution is 2.46. The fourth-order valence-corrected chi connectivity index (χ4v) is 8.10. The Kier molecular flexibility index (Phi) is 10.4. The molecule has 5 aromatic rings. The van der Waals surface area contributed by atoms with Gasteiger partial charge >= 0.3 is 5.91 Å². The number of nitrogens with zero attached hydrogens (tertiary/aromatic N) is 3. The molecule has 3 heterocycles. The summed E-state index contributed by atoms with van der Waals surface area (Å²) in [6.07, 6.45) is 3.01. The van der Waals surface area contributed by atoms with Crippen LogP contribution in [0, 0.1) is 0 Å². The smallest absolute Gasteiger partial charge is 0.301 e. The molecule has 10 nitrogen and oxygen atoms in total. The molecular weight excluding hydrogens is 687 g/mol. The van der Waals surface area contributed by atoms with Crippen LogP contribution >= 0.6 is 23.1 Å². The number of ether oxygens (including phenoxy) is 4. The van der Waals surface area contributed by atoms with Crippen LogP contribution in [0.3, 0.4) is 0 Å². The van der Waals surface area contributed by atoms with Crippen molar-refractivity contribution < 1.29 is 33.6 Å². The van der Waals surface area contributed by atoms with E-state index in [0.29, 0.717) is 70.6 Å². The van der Waals surface area contributed by atoms with Crippen LogP contribution in [0.5, 0.6) is 23.0 Å². The lowest BCUT2D eigenvalue weighted by Crippen LogP contribution is -2.29. The Balaban J connectivity index is 1.27. The number of fused-ring (bicyclic) bond motifs is 2. The molecule has 0 radical (unpaired) electrons. The lowest BCUT2D eigenvalue weighted by Gasteiger charge is -2.24. The molecule has 2 aliphatic rings. The number of carbonyl (C=O) groups is 2. The van der Waals surface area contributed by atoms with Gasteiger partial charge in [0.05, 0.1) is 24.8 Å². The van der Waals surface area contributed by atoms with Crippen molar-refractivity contribution in [2.75, 3.05) is 31.3 Å². The number of aromatic nitrogens is 2. The van der Waals surface area contributed by atoms with E-state index in [1.807, 2.05) is 25.1 Å². The largest absolute Gasteiger partial charge is 0.507 e. The highest BCUT2D eigenvalue weighted by molar-refractivity contribution is 8.00. The van der Waals surface area contributed by atoms with Crippen molar-refractivity contribution in [3.8, 4) is 23.0 Å². The second kappa shape index (κ2) is 15.4. The summed E-state index contributed by atoms with van der Waals surface area (Å²) in [7, 11) is 0. The van der Waals surface area contributed by atoms with E-state index in [4.69, 9.17) is 18.9 Å². The average molecular weight is 724 g/mol. The highest BCUT2D eigenvalue weighted by atomic mass is 32.2. The molecule has 51 heavy (non-hydrogen) atoms. The number of hydrogen-bond acceptors (Lipinski definition) is 11. The highest BCUT2D eigenvalue weighted by Gasteiger charge is 2.48. The molecule has 0 spiro atoms. The molecule has 12 heteroatoms. The molecule has 0 bridgehead atoms. The number of aliphatic hydroxyl groups excluding tert-OH is 1. The molecule has 1 fully saturated rings. The predicted molar refractivity (Wildman–Crippen MR) is 198 cm³/mol. The van der Waals surface area contributed by atoms with Crippen LogP contribution in [0.2, 0.25) is 0 Å². The molecule has 1 aromatic heterocycles. The normalized spacial score (nSPS) is 16.5. The van der Waals surface area contributed by atoms with Gasteiger partial charge in [0.15, 0.2) is 27.3 Å². The molecule has 262 valence electrons. The molecule has 0 unspecified atom stereocenters. The average Bonchev–Trinajstić information content (AvgIpc) is 3.73. The van der Waals surface area contributed by atoms with Crippen LogP contribution in [-0.2, 0) is 15.3 Å². The van der Waals surface area contributed by atoms with E-state index in [0.717, 1.165) is 35.6 Å². The SMILES string of the molecule is CCCCCOc1ccc([C@@H]2C(=C(O)c3ccc4c(c3)OCCO4)C(=O)C(=O)N2c2nnc(SCc3cccc4ccccc34)s2)cc1OCC. The third kappa shape index (κ3) is 7.11. The molecule has 1 atom stereocenters. The van der Waals surface area contributed by atoms with Gasteiger partial charge in [-0.25, -0.2) is 0 Å². The van der Waals surface area contributed by atoms with Crippen molar-refractivity contribution in [1.29, 1.82) is 0 Å². The zero-order valence-electron chi connectivity index (χ0n) is 28.3. The summed E-state index contributed by atoms with van der Waals surface area (Å²) in [5.74, 6) is 0.641. The number of ketones is 1. The van der Waals surface area contributed by atoms with Crippen LogP contribution in [0.15, 0.2) is 88.8 Å². The Morgan fingerprint density at radius 3 is 2.59 bits per heavy atom. The fourth-order valence-electron chi connectivity index (χ4n) is 6.22. The molecular formula is C39H37N3O7S2. The first kappa shape index (κ1) is 34.4. The Labute approximate surface area is 304 Å². The Hall–Kier alpha value is -5.07. The second-order valence-corrected chi connectivity index (χ2v) is 14.2. The Bertz CT molecular complexity index is 2110. The van der Waals surface area contributed by atoms with Gasteiger partial charge in [-0.05, 0) is 65.6 Å². The van der Waals surface area contributed by atoms with Crippen LogP contribution in [0.1, 0.15) is 55.8 Å². The van der Waals surface area contributed by atoms with Crippen molar-refractivity contribution in [2.45, 2.75) is 49.2 Å². The van der Waals surface area contributed by atoms with E-state index in [1.165, 1.54) is 28.0 Å². The molecule has 2 aliphatic heterocycles. The van der Waals surface area contributed by atoms with Gasteiger partial charge in [-0.15, -0.1) is 10.2 Å². The van der Waals surface area contributed by atoms with Gasteiger partial charge in [0.1, 0.15) is 19.0 Å². The van der Waals surface area contributed by atoms with Crippen molar-refractivity contribution in [1.82, 2.24) is 10.2 Å². The van der Waals surface area contributed by atoms with Crippen molar-refractivity contribution in [3.05, 3.63) is 101 Å². The third-order valence-corrected chi connectivity index (χ3v) is 10.8. The van der Waals surface area contributed by atoms with E-state index in [2.05, 4.69) is 41.4 Å². The number of carbonyl (C=O) groups excluding carboxylic acids is 2. The molecule has 4 aromatic carbocycles. The second-order valence-electron chi connectivity index (χ2n) is 12.0. The maximum absolute atomic E-state index is 13.9. The number of rotatable bonds is 13. The first-order valence-electron chi connectivity index (χ1n) is 17.0. The third-order valence-electron chi connectivity index (χ3n) is 8.68. The van der Waals surface area contributed by atoms with Crippen molar-refractivity contribution in [3.63, 3.8) is 0 Å². The topological polar surface area (TPSA) is 120 Å². The monoisotopic (exact) mass is 723 g/mol. The van der Waals surface area contributed by atoms with Gasteiger partial charge in [-0.1, -0.05) is 91.4 Å². The number of aliphatic hydroxyl groups is 1.